The summed E-state index contributed by atoms with van der Waals surface area (Å²) in [7, 11) is 0. The Labute approximate surface area is 73.0 Å². The monoisotopic (exact) mass is 166 g/mol. The minimum Gasteiger partial charge on any atom is -0.126 e. The Kier molecular flexibility index (Phi) is 3.01. The molecule has 0 amide bonds. The van der Waals surface area contributed by atoms with E-state index in [1.807, 2.05) is 11.8 Å². The third-order valence-electron chi connectivity index (χ3n) is 1.85. The average Bonchev–Trinajstić information content (AvgIpc) is 1.99. The maximum atomic E-state index is 2.19. The Morgan fingerprint density at radius 2 is 2.00 bits per heavy atom. The van der Waals surface area contributed by atoms with Crippen molar-refractivity contribution in [3.63, 3.8) is 0 Å². The van der Waals surface area contributed by atoms with Gasteiger partial charge in [0.25, 0.3) is 0 Å². The van der Waals surface area contributed by atoms with Crippen LogP contribution in [-0.4, -0.2) is 5.75 Å². The zero-order valence-corrected chi connectivity index (χ0v) is 8.16. The van der Waals surface area contributed by atoms with Gasteiger partial charge < -0.3 is 0 Å². The van der Waals surface area contributed by atoms with Gasteiger partial charge in [-0.25, -0.2) is 0 Å². The number of thioether (sulfide) groups is 1. The van der Waals surface area contributed by atoms with Gasteiger partial charge in [-0.3, -0.25) is 0 Å². The summed E-state index contributed by atoms with van der Waals surface area (Å²) in [6.07, 6.45) is 0. The molecule has 0 saturated carbocycles. The van der Waals surface area contributed by atoms with Crippen molar-refractivity contribution in [1.82, 2.24) is 0 Å². The van der Waals surface area contributed by atoms with E-state index in [1.165, 1.54) is 16.0 Å². The van der Waals surface area contributed by atoms with Gasteiger partial charge in [-0.2, -0.15) is 0 Å². The maximum absolute atomic E-state index is 2.19. The van der Waals surface area contributed by atoms with E-state index in [2.05, 4.69) is 39.0 Å². The van der Waals surface area contributed by atoms with Gasteiger partial charge >= 0.3 is 0 Å². The molecule has 0 saturated heterocycles. The molecule has 0 unspecified atom stereocenters. The predicted molar refractivity (Wildman–Crippen MR) is 52.3 cm³/mol. The van der Waals surface area contributed by atoms with E-state index in [9.17, 15) is 0 Å². The number of benzene rings is 1. The highest BCUT2D eigenvalue weighted by molar-refractivity contribution is 7.99. The van der Waals surface area contributed by atoms with Gasteiger partial charge in [0.1, 0.15) is 0 Å². The molecule has 1 rings (SSSR count). The van der Waals surface area contributed by atoms with Gasteiger partial charge in [-0.05, 0) is 36.8 Å². The largest absolute Gasteiger partial charge is 0.126 e. The van der Waals surface area contributed by atoms with Gasteiger partial charge in [0, 0.05) is 4.90 Å². The highest BCUT2D eigenvalue weighted by Crippen LogP contribution is 2.23. The van der Waals surface area contributed by atoms with Crippen LogP contribution in [0, 0.1) is 13.8 Å². The highest BCUT2D eigenvalue weighted by Gasteiger charge is 1.98. The van der Waals surface area contributed by atoms with E-state index < -0.39 is 0 Å². The molecule has 0 fully saturated rings. The van der Waals surface area contributed by atoms with Crippen molar-refractivity contribution in [2.75, 3.05) is 5.75 Å². The second-order valence-corrected chi connectivity index (χ2v) is 3.94. The van der Waals surface area contributed by atoms with Crippen molar-refractivity contribution in [3.05, 3.63) is 29.3 Å². The quantitative estimate of drug-likeness (QED) is 0.607. The van der Waals surface area contributed by atoms with E-state index >= 15 is 0 Å². The normalized spacial score (nSPS) is 10.1. The third kappa shape index (κ3) is 2.00. The van der Waals surface area contributed by atoms with E-state index in [4.69, 9.17) is 0 Å². The van der Waals surface area contributed by atoms with Crippen LogP contribution in [0.3, 0.4) is 0 Å². The molecular formula is C10H14S. The van der Waals surface area contributed by atoms with Gasteiger partial charge in [0.2, 0.25) is 0 Å². The lowest BCUT2D eigenvalue weighted by Gasteiger charge is -2.05. The molecular weight excluding hydrogens is 152 g/mol. The summed E-state index contributed by atoms with van der Waals surface area (Å²) in [5.41, 5.74) is 2.82. The van der Waals surface area contributed by atoms with Crippen LogP contribution in [0.5, 0.6) is 0 Å². The highest BCUT2D eigenvalue weighted by atomic mass is 32.2. The first-order valence-corrected chi connectivity index (χ1v) is 4.93. The van der Waals surface area contributed by atoms with Crippen LogP contribution in [0.4, 0.5) is 0 Å². The molecule has 0 atom stereocenters. The molecule has 0 aliphatic carbocycles. The average molecular weight is 166 g/mol. The van der Waals surface area contributed by atoms with Crippen LogP contribution in [0.2, 0.25) is 0 Å². The molecule has 0 heterocycles. The summed E-state index contributed by atoms with van der Waals surface area (Å²) in [6, 6.07) is 6.48. The summed E-state index contributed by atoms with van der Waals surface area (Å²) < 4.78 is 0. The molecule has 0 bridgehead atoms. The van der Waals surface area contributed by atoms with Crippen LogP contribution < -0.4 is 0 Å². The van der Waals surface area contributed by atoms with Crippen molar-refractivity contribution in [3.8, 4) is 0 Å². The van der Waals surface area contributed by atoms with Crippen molar-refractivity contribution < 1.29 is 0 Å². The Hall–Kier alpha value is -0.430. The third-order valence-corrected chi connectivity index (χ3v) is 2.90. The van der Waals surface area contributed by atoms with Gasteiger partial charge in [-0.1, -0.05) is 19.1 Å². The Morgan fingerprint density at radius 1 is 1.27 bits per heavy atom. The van der Waals surface area contributed by atoms with Gasteiger partial charge in [-0.15, -0.1) is 11.8 Å². The maximum Gasteiger partial charge on any atom is 0.0104 e. The lowest BCUT2D eigenvalue weighted by atomic mass is 10.1. The first kappa shape index (κ1) is 8.66. The van der Waals surface area contributed by atoms with E-state index in [0.29, 0.717) is 0 Å². The fourth-order valence-corrected chi connectivity index (χ4v) is 1.90. The van der Waals surface area contributed by atoms with Crippen molar-refractivity contribution in [2.24, 2.45) is 0 Å². The molecule has 1 aromatic rings. The first-order valence-electron chi connectivity index (χ1n) is 3.94. The molecule has 0 spiro atoms. The standard InChI is InChI=1S/C10H14S/c1-4-11-10-7-5-6-8(2)9(10)3/h5-7H,4H2,1-3H3. The molecule has 1 aromatic carbocycles. The van der Waals surface area contributed by atoms with Gasteiger partial charge in [0.15, 0.2) is 0 Å². The summed E-state index contributed by atoms with van der Waals surface area (Å²) in [5, 5.41) is 0. The van der Waals surface area contributed by atoms with Crippen LogP contribution in [0.1, 0.15) is 18.1 Å². The molecule has 1 heteroatoms. The minimum absolute atomic E-state index is 1.16. The Morgan fingerprint density at radius 3 is 2.64 bits per heavy atom. The zero-order valence-electron chi connectivity index (χ0n) is 7.35. The molecule has 0 aliphatic rings. The summed E-state index contributed by atoms with van der Waals surface area (Å²) in [4.78, 5) is 1.42. The molecule has 60 valence electrons. The molecule has 0 N–H and O–H groups in total. The van der Waals surface area contributed by atoms with Crippen LogP contribution in [0.15, 0.2) is 23.1 Å². The van der Waals surface area contributed by atoms with Crippen LogP contribution >= 0.6 is 11.8 Å². The molecule has 0 nitrogen and oxygen atoms in total. The Bertz CT molecular complexity index is 241. The number of hydrogen-bond acceptors (Lipinski definition) is 1. The predicted octanol–water partition coefficient (Wildman–Crippen LogP) is 3.42. The molecule has 0 radical (unpaired) electrons. The molecule has 0 aliphatic heterocycles. The van der Waals surface area contributed by atoms with Gasteiger partial charge in [0.05, 0.1) is 0 Å². The van der Waals surface area contributed by atoms with Crippen LogP contribution in [0.25, 0.3) is 0 Å². The second kappa shape index (κ2) is 3.82. The fourth-order valence-electron chi connectivity index (χ4n) is 1.04. The molecule has 0 aromatic heterocycles. The van der Waals surface area contributed by atoms with E-state index in [0.717, 1.165) is 5.75 Å². The minimum atomic E-state index is 1.16. The van der Waals surface area contributed by atoms with Crippen molar-refractivity contribution in [2.45, 2.75) is 25.7 Å². The number of aryl methyl sites for hydroxylation is 1. The zero-order chi connectivity index (χ0) is 8.27. The van der Waals surface area contributed by atoms with Crippen molar-refractivity contribution >= 4 is 11.8 Å². The summed E-state index contributed by atoms with van der Waals surface area (Å²) in [6.45, 7) is 6.54. The number of hydrogen-bond donors (Lipinski definition) is 0. The second-order valence-electron chi connectivity index (χ2n) is 2.63. The first-order chi connectivity index (χ1) is 5.25. The topological polar surface area (TPSA) is 0 Å². The van der Waals surface area contributed by atoms with Crippen LogP contribution in [-0.2, 0) is 0 Å². The summed E-state index contributed by atoms with van der Waals surface area (Å²) in [5.74, 6) is 1.16. The lowest BCUT2D eigenvalue weighted by Crippen LogP contribution is -1.83. The van der Waals surface area contributed by atoms with E-state index in [1.54, 1.807) is 0 Å². The SMILES string of the molecule is CCSc1cccc(C)c1C. The Balaban J connectivity index is 2.96. The lowest BCUT2D eigenvalue weighted by molar-refractivity contribution is 1.23. The summed E-state index contributed by atoms with van der Waals surface area (Å²) >= 11 is 1.92. The van der Waals surface area contributed by atoms with E-state index in [-0.39, 0.29) is 0 Å². The number of rotatable bonds is 2. The molecule has 11 heavy (non-hydrogen) atoms. The smallest absolute Gasteiger partial charge is 0.0104 e. The fraction of sp³-hybridized carbons (Fsp3) is 0.400. The van der Waals surface area contributed by atoms with Crippen molar-refractivity contribution in [1.29, 1.82) is 0 Å².